The fourth-order valence-corrected chi connectivity index (χ4v) is 3.55. The van der Waals surface area contributed by atoms with Gasteiger partial charge in [-0.05, 0) is 53.5 Å². The van der Waals surface area contributed by atoms with Gasteiger partial charge in [-0.3, -0.25) is 9.36 Å². The number of urea groups is 1. The third kappa shape index (κ3) is 4.26. The molecule has 0 spiro atoms. The predicted octanol–water partition coefficient (Wildman–Crippen LogP) is 2.68. The first kappa shape index (κ1) is 20.1. The highest BCUT2D eigenvalue weighted by atomic mass is 16.2. The number of rotatable bonds is 4. The first-order valence-corrected chi connectivity index (χ1v) is 9.97. The first-order valence-electron chi connectivity index (χ1n) is 9.97. The van der Waals surface area contributed by atoms with Gasteiger partial charge in [-0.25, -0.2) is 9.78 Å². The third-order valence-electron chi connectivity index (χ3n) is 5.00. The van der Waals surface area contributed by atoms with Gasteiger partial charge in [0, 0.05) is 48.4 Å². The van der Waals surface area contributed by atoms with Crippen LogP contribution in [0.1, 0.15) is 52.1 Å². The van der Waals surface area contributed by atoms with Crippen molar-refractivity contribution in [1.82, 2.24) is 24.8 Å². The van der Waals surface area contributed by atoms with Crippen LogP contribution in [-0.4, -0.2) is 50.6 Å². The monoisotopic (exact) mass is 386 g/mol. The minimum absolute atomic E-state index is 0.00766. The Labute approximate surface area is 165 Å². The number of fused-ring (bicyclic) bond motifs is 1. The second-order valence-corrected chi connectivity index (χ2v) is 8.08. The Morgan fingerprint density at radius 2 is 1.89 bits per heavy atom. The molecule has 0 atom stereocenters. The van der Waals surface area contributed by atoms with Crippen molar-refractivity contribution >= 4 is 23.0 Å². The Morgan fingerprint density at radius 3 is 2.50 bits per heavy atom. The van der Waals surface area contributed by atoms with Gasteiger partial charge < -0.3 is 15.5 Å². The highest BCUT2D eigenvalue weighted by molar-refractivity contribution is 5.76. The molecule has 2 N–H and O–H groups in total. The molecule has 152 valence electrons. The van der Waals surface area contributed by atoms with Gasteiger partial charge in [-0.15, -0.1) is 0 Å². The zero-order chi connectivity index (χ0) is 20.4. The fraction of sp³-hybridized carbons (Fsp3) is 0.600. The summed E-state index contributed by atoms with van der Waals surface area (Å²) in [4.78, 5) is 35.6. The molecule has 0 aliphatic carbocycles. The van der Waals surface area contributed by atoms with Crippen LogP contribution in [0.5, 0.6) is 0 Å². The minimum atomic E-state index is -0.0170. The van der Waals surface area contributed by atoms with E-state index in [-0.39, 0.29) is 29.7 Å². The van der Waals surface area contributed by atoms with Crippen molar-refractivity contribution in [3.8, 4) is 0 Å². The second kappa shape index (κ2) is 8.16. The van der Waals surface area contributed by atoms with Gasteiger partial charge in [0.2, 0.25) is 5.95 Å². The molecule has 3 rings (SSSR count). The Hall–Kier alpha value is -2.64. The molecule has 8 nitrogen and oxygen atoms in total. The number of likely N-dealkylation sites (tertiary alicyclic amines) is 1. The normalized spacial score (nSPS) is 15.5. The van der Waals surface area contributed by atoms with Crippen molar-refractivity contribution in [2.75, 3.05) is 18.4 Å². The Balaban J connectivity index is 1.74. The molecule has 0 aromatic carbocycles. The molecule has 2 aromatic heterocycles. The van der Waals surface area contributed by atoms with E-state index in [4.69, 9.17) is 0 Å². The van der Waals surface area contributed by atoms with Gasteiger partial charge in [0.15, 0.2) is 0 Å². The van der Waals surface area contributed by atoms with E-state index < -0.39 is 0 Å². The van der Waals surface area contributed by atoms with Gasteiger partial charge in [-0.2, -0.15) is 4.98 Å². The SMILES string of the molecule is Cc1cc2cnc(NC3CCN(C(=O)NC(C)C)CC3)nc2n(C(C)C)c1=O. The van der Waals surface area contributed by atoms with Gasteiger partial charge in [-0.1, -0.05) is 0 Å². The summed E-state index contributed by atoms with van der Waals surface area (Å²) in [6.07, 6.45) is 3.43. The average molecular weight is 387 g/mol. The van der Waals surface area contributed by atoms with Crippen molar-refractivity contribution in [1.29, 1.82) is 0 Å². The largest absolute Gasteiger partial charge is 0.351 e. The topological polar surface area (TPSA) is 92.2 Å². The molecule has 1 aliphatic rings. The van der Waals surface area contributed by atoms with Crippen LogP contribution in [0.15, 0.2) is 17.1 Å². The van der Waals surface area contributed by atoms with Crippen LogP contribution in [0, 0.1) is 6.92 Å². The van der Waals surface area contributed by atoms with Crippen LogP contribution in [-0.2, 0) is 0 Å². The Bertz CT molecular complexity index is 913. The maximum absolute atomic E-state index is 12.5. The second-order valence-electron chi connectivity index (χ2n) is 8.08. The quantitative estimate of drug-likeness (QED) is 0.843. The summed E-state index contributed by atoms with van der Waals surface area (Å²) in [6, 6.07) is 2.18. The van der Waals surface area contributed by atoms with Crippen LogP contribution in [0.4, 0.5) is 10.7 Å². The van der Waals surface area contributed by atoms with E-state index in [1.807, 2.05) is 45.6 Å². The summed E-state index contributed by atoms with van der Waals surface area (Å²) in [5.74, 6) is 0.523. The lowest BCUT2D eigenvalue weighted by Gasteiger charge is -2.33. The molecule has 28 heavy (non-hydrogen) atoms. The molecule has 2 amide bonds. The van der Waals surface area contributed by atoms with Crippen LogP contribution in [0.25, 0.3) is 11.0 Å². The molecule has 0 unspecified atom stereocenters. The van der Waals surface area contributed by atoms with Gasteiger partial charge in [0.25, 0.3) is 5.56 Å². The highest BCUT2D eigenvalue weighted by Crippen LogP contribution is 2.19. The van der Waals surface area contributed by atoms with E-state index >= 15 is 0 Å². The zero-order valence-electron chi connectivity index (χ0n) is 17.3. The first-order chi connectivity index (χ1) is 13.3. The summed E-state index contributed by atoms with van der Waals surface area (Å²) in [5.41, 5.74) is 1.33. The lowest BCUT2D eigenvalue weighted by molar-refractivity contribution is 0.181. The van der Waals surface area contributed by atoms with Crippen molar-refractivity contribution in [3.05, 3.63) is 28.2 Å². The van der Waals surface area contributed by atoms with E-state index in [0.29, 0.717) is 30.2 Å². The summed E-state index contributed by atoms with van der Waals surface area (Å²) >= 11 is 0. The number of nitrogens with zero attached hydrogens (tertiary/aromatic N) is 4. The number of carbonyl (C=O) groups is 1. The van der Waals surface area contributed by atoms with E-state index in [9.17, 15) is 9.59 Å². The molecule has 1 aliphatic heterocycles. The maximum Gasteiger partial charge on any atom is 0.317 e. The molecule has 8 heteroatoms. The Kier molecular flexibility index (Phi) is 5.86. The lowest BCUT2D eigenvalue weighted by atomic mass is 10.1. The van der Waals surface area contributed by atoms with E-state index in [2.05, 4.69) is 20.6 Å². The molecular formula is C20H30N6O2. The number of aromatic nitrogens is 3. The molecule has 0 bridgehead atoms. The number of pyridine rings is 1. The molecule has 2 aromatic rings. The average Bonchev–Trinajstić information content (AvgIpc) is 2.62. The van der Waals surface area contributed by atoms with Crippen molar-refractivity contribution in [2.45, 2.75) is 65.6 Å². The van der Waals surface area contributed by atoms with Crippen molar-refractivity contribution < 1.29 is 4.79 Å². The van der Waals surface area contributed by atoms with Crippen LogP contribution in [0.3, 0.4) is 0 Å². The summed E-state index contributed by atoms with van der Waals surface area (Å²) in [5, 5.41) is 7.17. The number of hydrogen-bond acceptors (Lipinski definition) is 5. The molecule has 1 fully saturated rings. The number of hydrogen-bond donors (Lipinski definition) is 2. The Morgan fingerprint density at radius 1 is 1.21 bits per heavy atom. The predicted molar refractivity (Wildman–Crippen MR) is 111 cm³/mol. The molecule has 1 saturated heterocycles. The summed E-state index contributed by atoms with van der Waals surface area (Å²) in [7, 11) is 0. The fourth-order valence-electron chi connectivity index (χ4n) is 3.55. The number of anilines is 1. The maximum atomic E-state index is 12.5. The molecule has 0 saturated carbocycles. The standard InChI is InChI=1S/C20H30N6O2/c1-12(2)22-20(28)25-8-6-16(7-9-25)23-19-21-11-15-10-14(5)18(27)26(13(3)4)17(15)24-19/h10-13,16H,6-9H2,1-5H3,(H,22,28)(H,21,23,24). The smallest absolute Gasteiger partial charge is 0.317 e. The lowest BCUT2D eigenvalue weighted by Crippen LogP contribution is -2.48. The molecule has 3 heterocycles. The van der Waals surface area contributed by atoms with E-state index in [0.717, 1.165) is 18.2 Å². The van der Waals surface area contributed by atoms with Crippen molar-refractivity contribution in [3.63, 3.8) is 0 Å². The number of nitrogens with one attached hydrogen (secondary N) is 2. The minimum Gasteiger partial charge on any atom is -0.351 e. The van der Waals surface area contributed by atoms with Crippen molar-refractivity contribution in [2.24, 2.45) is 0 Å². The summed E-state index contributed by atoms with van der Waals surface area (Å²) < 4.78 is 1.72. The van der Waals surface area contributed by atoms with Crippen LogP contribution >= 0.6 is 0 Å². The zero-order valence-corrected chi connectivity index (χ0v) is 17.3. The van der Waals surface area contributed by atoms with Gasteiger partial charge >= 0.3 is 6.03 Å². The molecular weight excluding hydrogens is 356 g/mol. The highest BCUT2D eigenvalue weighted by Gasteiger charge is 2.23. The number of piperidine rings is 1. The number of aryl methyl sites for hydroxylation is 1. The van der Waals surface area contributed by atoms with E-state index in [1.165, 1.54) is 0 Å². The third-order valence-corrected chi connectivity index (χ3v) is 5.00. The molecule has 0 radical (unpaired) electrons. The van der Waals surface area contributed by atoms with E-state index in [1.54, 1.807) is 10.8 Å². The van der Waals surface area contributed by atoms with Crippen LogP contribution < -0.4 is 16.2 Å². The summed E-state index contributed by atoms with van der Waals surface area (Å²) in [6.45, 7) is 11.1. The van der Waals surface area contributed by atoms with Crippen LogP contribution in [0.2, 0.25) is 0 Å². The number of carbonyl (C=O) groups excluding carboxylic acids is 1. The van der Waals surface area contributed by atoms with Gasteiger partial charge in [0.05, 0.1) is 0 Å². The van der Waals surface area contributed by atoms with Gasteiger partial charge in [0.1, 0.15) is 5.65 Å². The number of amides is 2.